The number of nitrogens with one attached hydrogen (secondary N) is 3. The third kappa shape index (κ3) is 5.83. The number of thiophene rings is 1. The van der Waals surface area contributed by atoms with Crippen LogP contribution in [0.25, 0.3) is 33.4 Å². The highest BCUT2D eigenvalue weighted by molar-refractivity contribution is 7.13. The number of hydrogen-bond acceptors (Lipinski definition) is 4. The number of nitrogens with two attached hydrogens (primary N) is 1. The molecule has 2 aliphatic rings. The molecular formula is C35H37N5OS. The quantitative estimate of drug-likeness (QED) is 0.167. The van der Waals surface area contributed by atoms with Gasteiger partial charge in [0.05, 0.1) is 11.2 Å². The number of anilines is 1. The van der Waals surface area contributed by atoms with Gasteiger partial charge in [0.25, 0.3) is 0 Å². The molecule has 7 heteroatoms. The average Bonchev–Trinajstić information content (AvgIpc) is 3.19. The SMILES string of the molecule is CC=C/C=C(/c1ccc(C)s1)c1cc(-c2n[nH]c3ccc(C4=CC5CC5=CC(NC(=O)CC(C)(C)C)=C4)cc23)[nH]c1N. The molecule has 3 aromatic heterocycles. The number of rotatable bonds is 7. The maximum atomic E-state index is 12.7. The predicted molar refractivity (Wildman–Crippen MR) is 176 cm³/mol. The number of fused-ring (bicyclic) bond motifs is 2. The van der Waals surface area contributed by atoms with Gasteiger partial charge in [-0.15, -0.1) is 11.3 Å². The Bertz CT molecular complexity index is 1850. The van der Waals surface area contributed by atoms with Crippen molar-refractivity contribution in [3.05, 3.63) is 105 Å². The van der Waals surface area contributed by atoms with E-state index in [-0.39, 0.29) is 11.3 Å². The summed E-state index contributed by atoms with van der Waals surface area (Å²) in [5, 5.41) is 12.0. The van der Waals surface area contributed by atoms with Crippen molar-refractivity contribution in [1.82, 2.24) is 20.5 Å². The van der Waals surface area contributed by atoms with Crippen LogP contribution >= 0.6 is 11.3 Å². The topological polar surface area (TPSA) is 99.6 Å². The molecule has 214 valence electrons. The fourth-order valence-electron chi connectivity index (χ4n) is 5.44. The van der Waals surface area contributed by atoms with Crippen LogP contribution in [0.2, 0.25) is 0 Å². The van der Waals surface area contributed by atoms with E-state index in [0.717, 1.165) is 56.7 Å². The monoisotopic (exact) mass is 575 g/mol. The standard InChI is InChI=1S/C35H37N5OS/c1-6-7-8-26(31-12-9-20(2)42-31)27-18-30(38-34(27)36)33-28-17-21(10-11-29(28)39-40-33)23-13-22-14-24(22)16-25(15-23)37-32(41)19-35(3,4)5/h6-13,15-18,22,38H,14,19,36H2,1-5H3,(H,37,41)(H,39,40)/b7-6?,26-8+. The van der Waals surface area contributed by atoms with Gasteiger partial charge in [-0.25, -0.2) is 0 Å². The third-order valence-corrected chi connectivity index (χ3v) is 8.56. The number of carbonyl (C=O) groups excluding carboxylic acids is 1. The minimum atomic E-state index is -0.0704. The number of aromatic amines is 2. The fourth-order valence-corrected chi connectivity index (χ4v) is 6.34. The number of aryl methyl sites for hydroxylation is 1. The molecular weight excluding hydrogens is 538 g/mol. The van der Waals surface area contributed by atoms with Crippen molar-refractivity contribution < 1.29 is 4.79 Å². The Kier molecular flexibility index (Phi) is 7.15. The van der Waals surface area contributed by atoms with Crippen molar-refractivity contribution in [2.24, 2.45) is 11.3 Å². The first-order valence-electron chi connectivity index (χ1n) is 14.4. The van der Waals surface area contributed by atoms with E-state index in [2.05, 4.69) is 109 Å². The number of amides is 1. The molecule has 1 aromatic carbocycles. The maximum absolute atomic E-state index is 12.7. The van der Waals surface area contributed by atoms with Crippen molar-refractivity contribution in [3.63, 3.8) is 0 Å². The molecule has 0 spiro atoms. The highest BCUT2D eigenvalue weighted by Crippen LogP contribution is 2.44. The lowest BCUT2D eigenvalue weighted by atomic mass is 9.92. The number of nitrogen functional groups attached to an aromatic ring is 1. The molecule has 2 aliphatic carbocycles. The van der Waals surface area contributed by atoms with E-state index in [1.807, 2.05) is 19.1 Å². The van der Waals surface area contributed by atoms with Crippen LogP contribution in [0, 0.1) is 18.3 Å². The van der Waals surface area contributed by atoms with E-state index in [9.17, 15) is 4.79 Å². The molecule has 0 aliphatic heterocycles. The highest BCUT2D eigenvalue weighted by atomic mass is 32.1. The Morgan fingerprint density at radius 3 is 2.76 bits per heavy atom. The van der Waals surface area contributed by atoms with Crippen LogP contribution in [0.4, 0.5) is 5.82 Å². The molecule has 6 nitrogen and oxygen atoms in total. The van der Waals surface area contributed by atoms with E-state index in [1.54, 1.807) is 11.3 Å². The number of H-pyrrole nitrogens is 2. The van der Waals surface area contributed by atoms with E-state index in [1.165, 1.54) is 15.3 Å². The van der Waals surface area contributed by atoms with Crippen molar-refractivity contribution in [1.29, 1.82) is 0 Å². The molecule has 0 bridgehead atoms. The number of carbonyl (C=O) groups is 1. The normalized spacial score (nSPS) is 17.1. The van der Waals surface area contributed by atoms with Crippen molar-refractivity contribution in [2.75, 3.05) is 5.73 Å². The highest BCUT2D eigenvalue weighted by Gasteiger charge is 2.30. The van der Waals surface area contributed by atoms with Crippen molar-refractivity contribution in [3.8, 4) is 11.4 Å². The van der Waals surface area contributed by atoms with Gasteiger partial charge >= 0.3 is 0 Å². The lowest BCUT2D eigenvalue weighted by Gasteiger charge is -2.17. The molecule has 0 saturated heterocycles. The van der Waals surface area contributed by atoms with Crippen LogP contribution in [0.5, 0.6) is 0 Å². The molecule has 1 saturated carbocycles. The van der Waals surface area contributed by atoms with Crippen LogP contribution < -0.4 is 11.1 Å². The Balaban J connectivity index is 1.35. The van der Waals surface area contributed by atoms with Gasteiger partial charge in [-0.2, -0.15) is 5.10 Å². The summed E-state index contributed by atoms with van der Waals surface area (Å²) in [6, 6.07) is 12.7. The van der Waals surface area contributed by atoms with Crippen LogP contribution in [0.1, 0.15) is 61.4 Å². The van der Waals surface area contributed by atoms with Gasteiger partial charge < -0.3 is 16.0 Å². The average molecular weight is 576 g/mol. The van der Waals surface area contributed by atoms with E-state index >= 15 is 0 Å². The Hall–Kier alpha value is -4.36. The van der Waals surface area contributed by atoms with Gasteiger partial charge in [0.1, 0.15) is 11.5 Å². The maximum Gasteiger partial charge on any atom is 0.224 e. The van der Waals surface area contributed by atoms with Crippen molar-refractivity contribution >= 4 is 45.1 Å². The predicted octanol–water partition coefficient (Wildman–Crippen LogP) is 8.30. The molecule has 4 aromatic rings. The second kappa shape index (κ2) is 10.8. The van der Waals surface area contributed by atoms with Crippen LogP contribution in [-0.4, -0.2) is 21.1 Å². The smallest absolute Gasteiger partial charge is 0.224 e. The molecule has 5 N–H and O–H groups in total. The molecule has 3 heterocycles. The summed E-state index contributed by atoms with van der Waals surface area (Å²) in [6.45, 7) is 10.4. The first-order chi connectivity index (χ1) is 20.1. The van der Waals surface area contributed by atoms with Gasteiger partial charge in [-0.1, -0.05) is 56.7 Å². The first kappa shape index (κ1) is 27.8. The van der Waals surface area contributed by atoms with Gasteiger partial charge in [-0.3, -0.25) is 9.89 Å². The van der Waals surface area contributed by atoms with Gasteiger partial charge in [0.15, 0.2) is 0 Å². The minimum Gasteiger partial charge on any atom is -0.385 e. The van der Waals surface area contributed by atoms with Gasteiger partial charge in [0, 0.05) is 44.3 Å². The number of allylic oxidation sites excluding steroid dienone is 8. The summed E-state index contributed by atoms with van der Waals surface area (Å²) >= 11 is 1.75. The summed E-state index contributed by atoms with van der Waals surface area (Å²) in [4.78, 5) is 18.6. The molecule has 1 amide bonds. The number of benzene rings is 1. The molecule has 0 radical (unpaired) electrons. The van der Waals surface area contributed by atoms with Crippen LogP contribution in [-0.2, 0) is 4.79 Å². The zero-order chi connectivity index (χ0) is 29.6. The summed E-state index contributed by atoms with van der Waals surface area (Å²) in [5.41, 5.74) is 15.5. The number of aromatic nitrogens is 3. The Morgan fingerprint density at radius 2 is 2.02 bits per heavy atom. The van der Waals surface area contributed by atoms with E-state index in [0.29, 0.717) is 18.2 Å². The minimum absolute atomic E-state index is 0.0392. The Labute approximate surface area is 250 Å². The number of hydrogen-bond donors (Lipinski definition) is 4. The van der Waals surface area contributed by atoms with Gasteiger partial charge in [0.2, 0.25) is 5.91 Å². The summed E-state index contributed by atoms with van der Waals surface area (Å²) < 4.78 is 0. The molecule has 1 fully saturated rings. The first-order valence-corrected chi connectivity index (χ1v) is 15.2. The lowest BCUT2D eigenvalue weighted by molar-refractivity contribution is -0.122. The van der Waals surface area contributed by atoms with Gasteiger partial charge in [-0.05, 0) is 79.3 Å². The second-order valence-electron chi connectivity index (χ2n) is 12.4. The fraction of sp³-hybridized carbons (Fsp3) is 0.257. The van der Waals surface area contributed by atoms with Crippen LogP contribution in [0.3, 0.4) is 0 Å². The second-order valence-corrected chi connectivity index (χ2v) is 13.7. The summed E-state index contributed by atoms with van der Waals surface area (Å²) in [6.07, 6.45) is 14.2. The zero-order valence-corrected chi connectivity index (χ0v) is 25.6. The lowest BCUT2D eigenvalue weighted by Crippen LogP contribution is -2.26. The van der Waals surface area contributed by atoms with E-state index < -0.39 is 0 Å². The molecule has 1 atom stereocenters. The van der Waals surface area contributed by atoms with Crippen molar-refractivity contribution in [2.45, 2.75) is 47.5 Å². The molecule has 42 heavy (non-hydrogen) atoms. The third-order valence-electron chi connectivity index (χ3n) is 7.53. The largest absolute Gasteiger partial charge is 0.385 e. The van der Waals surface area contributed by atoms with E-state index in [4.69, 9.17) is 5.73 Å². The van der Waals surface area contributed by atoms with Crippen LogP contribution in [0.15, 0.2) is 84.1 Å². The molecule has 1 unspecified atom stereocenters. The summed E-state index contributed by atoms with van der Waals surface area (Å²) in [7, 11) is 0. The number of nitrogens with zero attached hydrogens (tertiary/aromatic N) is 1. The zero-order valence-electron chi connectivity index (χ0n) is 24.8. The summed E-state index contributed by atoms with van der Waals surface area (Å²) in [5.74, 6) is 1.07. The molecule has 6 rings (SSSR count). The Morgan fingerprint density at radius 1 is 1.19 bits per heavy atom.